The van der Waals surface area contributed by atoms with Gasteiger partial charge in [0.15, 0.2) is 0 Å². The number of methoxy groups -OCH3 is 1. The molecular weight excluding hydrogens is 250 g/mol. The van der Waals surface area contributed by atoms with Crippen LogP contribution in [0.25, 0.3) is 0 Å². The molecule has 0 bridgehead atoms. The summed E-state index contributed by atoms with van der Waals surface area (Å²) in [6, 6.07) is 17.6. The van der Waals surface area contributed by atoms with Crippen LogP contribution in [0.3, 0.4) is 0 Å². The van der Waals surface area contributed by atoms with E-state index in [0.29, 0.717) is 6.54 Å². The van der Waals surface area contributed by atoms with E-state index >= 15 is 0 Å². The van der Waals surface area contributed by atoms with Crippen molar-refractivity contribution in [3.8, 4) is 5.75 Å². The fraction of sp³-hybridized carbons (Fsp3) is 0.294. The van der Waals surface area contributed by atoms with E-state index in [4.69, 9.17) is 4.74 Å². The molecule has 105 valence electrons. The Morgan fingerprint density at radius 2 is 1.75 bits per heavy atom. The van der Waals surface area contributed by atoms with E-state index in [2.05, 4.69) is 5.32 Å². The van der Waals surface area contributed by atoms with Crippen LogP contribution in [0.5, 0.6) is 5.75 Å². The van der Waals surface area contributed by atoms with Crippen LogP contribution < -0.4 is 10.1 Å². The largest absolute Gasteiger partial charge is 0.497 e. The van der Waals surface area contributed by atoms with Crippen molar-refractivity contribution in [2.45, 2.75) is 12.5 Å². The van der Waals surface area contributed by atoms with Crippen LogP contribution in [0.4, 0.5) is 0 Å². The molecule has 0 saturated carbocycles. The molecule has 0 heterocycles. The minimum absolute atomic E-state index is 0.445. The average molecular weight is 270 g/mol. The van der Waals surface area contributed by atoms with E-state index in [1.54, 1.807) is 7.11 Å². The number of aliphatic hydroxyl groups is 1. The van der Waals surface area contributed by atoms with Crippen molar-refractivity contribution in [3.05, 3.63) is 65.7 Å². The van der Waals surface area contributed by atoms with Crippen LogP contribution in [-0.4, -0.2) is 25.3 Å². The molecule has 1 N–H and O–H groups in total. The van der Waals surface area contributed by atoms with Crippen LogP contribution in [0.2, 0.25) is 0 Å². The monoisotopic (exact) mass is 270 g/mol. The van der Waals surface area contributed by atoms with Gasteiger partial charge in [-0.15, -0.1) is 0 Å². The molecule has 0 fully saturated rings. The first-order chi connectivity index (χ1) is 9.79. The lowest BCUT2D eigenvalue weighted by Crippen LogP contribution is -2.17. The van der Waals surface area contributed by atoms with E-state index in [1.807, 2.05) is 54.6 Å². The van der Waals surface area contributed by atoms with Gasteiger partial charge in [-0.25, -0.2) is 5.32 Å². The van der Waals surface area contributed by atoms with E-state index in [1.165, 1.54) is 5.56 Å². The maximum atomic E-state index is 9.98. The maximum Gasteiger partial charge on any atom is 0.118 e. The Kier molecular flexibility index (Phi) is 5.59. The van der Waals surface area contributed by atoms with Crippen molar-refractivity contribution in [1.82, 2.24) is 5.32 Å². The topological polar surface area (TPSA) is 43.6 Å². The van der Waals surface area contributed by atoms with E-state index in [0.717, 1.165) is 24.3 Å². The number of hydrogen-bond acceptors (Lipinski definition) is 2. The van der Waals surface area contributed by atoms with Crippen molar-refractivity contribution < 1.29 is 9.84 Å². The molecule has 1 unspecified atom stereocenters. The van der Waals surface area contributed by atoms with E-state index in [9.17, 15) is 5.11 Å². The van der Waals surface area contributed by atoms with E-state index in [-0.39, 0.29) is 0 Å². The zero-order valence-electron chi connectivity index (χ0n) is 11.7. The van der Waals surface area contributed by atoms with Gasteiger partial charge < -0.3 is 9.84 Å². The van der Waals surface area contributed by atoms with Crippen molar-refractivity contribution in [2.75, 3.05) is 20.2 Å². The molecule has 1 radical (unpaired) electrons. The highest BCUT2D eigenvalue weighted by Crippen LogP contribution is 2.12. The predicted molar refractivity (Wildman–Crippen MR) is 80.0 cm³/mol. The van der Waals surface area contributed by atoms with E-state index < -0.39 is 6.10 Å². The Hall–Kier alpha value is -1.84. The number of aliphatic hydroxyl groups excluding tert-OH is 1. The summed E-state index contributed by atoms with van der Waals surface area (Å²) in [6.07, 6.45) is 0.373. The van der Waals surface area contributed by atoms with Gasteiger partial charge in [0, 0.05) is 13.1 Å². The summed E-state index contributed by atoms with van der Waals surface area (Å²) in [7, 11) is 1.66. The second-order valence-corrected chi connectivity index (χ2v) is 4.65. The van der Waals surface area contributed by atoms with Crippen molar-refractivity contribution in [2.24, 2.45) is 0 Å². The van der Waals surface area contributed by atoms with Gasteiger partial charge >= 0.3 is 0 Å². The normalized spacial score (nSPS) is 12.1. The van der Waals surface area contributed by atoms with Gasteiger partial charge in [0.2, 0.25) is 0 Å². The minimum Gasteiger partial charge on any atom is -0.497 e. The van der Waals surface area contributed by atoms with Gasteiger partial charge in [0.05, 0.1) is 13.2 Å². The first-order valence-corrected chi connectivity index (χ1v) is 6.79. The summed E-state index contributed by atoms with van der Waals surface area (Å²) in [5.74, 6) is 0.866. The number of ether oxygens (including phenoxy) is 1. The quantitative estimate of drug-likeness (QED) is 0.786. The second kappa shape index (κ2) is 7.68. The first kappa shape index (κ1) is 14.6. The summed E-state index contributed by atoms with van der Waals surface area (Å²) in [6.45, 7) is 1.16. The van der Waals surface area contributed by atoms with Gasteiger partial charge in [-0.05, 0) is 29.7 Å². The molecule has 2 aromatic rings. The van der Waals surface area contributed by atoms with Crippen molar-refractivity contribution in [1.29, 1.82) is 0 Å². The summed E-state index contributed by atoms with van der Waals surface area (Å²) in [4.78, 5) is 0. The molecule has 3 heteroatoms. The van der Waals surface area contributed by atoms with Crippen molar-refractivity contribution >= 4 is 0 Å². The highest BCUT2D eigenvalue weighted by molar-refractivity contribution is 5.27. The molecule has 0 saturated heterocycles. The Morgan fingerprint density at radius 3 is 2.40 bits per heavy atom. The summed E-state index contributed by atoms with van der Waals surface area (Å²) in [5.41, 5.74) is 2.14. The second-order valence-electron chi connectivity index (χ2n) is 4.65. The highest BCUT2D eigenvalue weighted by Gasteiger charge is 2.06. The molecule has 20 heavy (non-hydrogen) atoms. The van der Waals surface area contributed by atoms with Crippen LogP contribution in [-0.2, 0) is 6.42 Å². The molecule has 3 nitrogen and oxygen atoms in total. The van der Waals surface area contributed by atoms with Gasteiger partial charge in [-0.3, -0.25) is 0 Å². The lowest BCUT2D eigenvalue weighted by molar-refractivity contribution is 0.174. The average Bonchev–Trinajstić information content (AvgIpc) is 2.53. The number of rotatable bonds is 7. The Bertz CT molecular complexity index is 496. The SMILES string of the molecule is COc1ccc(CC[N]CC(O)c2ccccc2)cc1. The Balaban J connectivity index is 1.70. The number of benzene rings is 2. The molecule has 0 aromatic heterocycles. The molecule has 0 aliphatic heterocycles. The van der Waals surface area contributed by atoms with Crippen LogP contribution >= 0.6 is 0 Å². The fourth-order valence-electron chi connectivity index (χ4n) is 1.99. The van der Waals surface area contributed by atoms with Crippen LogP contribution in [0.1, 0.15) is 17.2 Å². The zero-order chi connectivity index (χ0) is 14.2. The first-order valence-electron chi connectivity index (χ1n) is 6.79. The van der Waals surface area contributed by atoms with Crippen LogP contribution in [0, 0.1) is 0 Å². The number of hydrogen-bond donors (Lipinski definition) is 1. The summed E-state index contributed by atoms with van der Waals surface area (Å²) in [5, 5.41) is 14.4. The predicted octanol–water partition coefficient (Wildman–Crippen LogP) is 2.58. The minimum atomic E-state index is -0.507. The summed E-state index contributed by atoms with van der Waals surface area (Å²) >= 11 is 0. The highest BCUT2D eigenvalue weighted by atomic mass is 16.5. The van der Waals surface area contributed by atoms with Gasteiger partial charge in [-0.1, -0.05) is 42.5 Å². The molecule has 0 amide bonds. The molecule has 1 atom stereocenters. The zero-order valence-corrected chi connectivity index (χ0v) is 11.7. The molecule has 0 spiro atoms. The third-order valence-corrected chi connectivity index (χ3v) is 3.20. The Labute approximate surface area is 120 Å². The van der Waals surface area contributed by atoms with Crippen LogP contribution in [0.15, 0.2) is 54.6 Å². The standard InChI is InChI=1S/C17H20NO2/c1-20-16-9-7-14(8-10-16)11-12-18-13-17(19)15-5-3-2-4-6-15/h2-10,17,19H,11-13H2,1H3. The maximum absolute atomic E-state index is 9.98. The molecule has 0 aliphatic carbocycles. The smallest absolute Gasteiger partial charge is 0.118 e. The third-order valence-electron chi connectivity index (χ3n) is 3.20. The molecular formula is C17H20NO2. The number of nitrogens with zero attached hydrogens (tertiary/aromatic N) is 1. The summed E-state index contributed by atoms with van der Waals surface area (Å²) < 4.78 is 5.12. The lowest BCUT2D eigenvalue weighted by atomic mass is 10.1. The van der Waals surface area contributed by atoms with Gasteiger partial charge in [-0.2, -0.15) is 0 Å². The molecule has 2 aromatic carbocycles. The third kappa shape index (κ3) is 4.37. The van der Waals surface area contributed by atoms with Crippen molar-refractivity contribution in [3.63, 3.8) is 0 Å². The molecule has 2 rings (SSSR count). The van der Waals surface area contributed by atoms with Gasteiger partial charge in [0.1, 0.15) is 5.75 Å². The Morgan fingerprint density at radius 1 is 1.05 bits per heavy atom. The fourth-order valence-corrected chi connectivity index (χ4v) is 1.99. The molecule has 0 aliphatic rings. The lowest BCUT2D eigenvalue weighted by Gasteiger charge is -2.10. The van der Waals surface area contributed by atoms with Gasteiger partial charge in [0.25, 0.3) is 0 Å².